The van der Waals surface area contributed by atoms with Crippen molar-refractivity contribution < 1.29 is 19.4 Å². The first-order valence-electron chi connectivity index (χ1n) is 5.93. The summed E-state index contributed by atoms with van der Waals surface area (Å²) in [5.74, 6) is -1.00. The maximum Gasteiger partial charge on any atom is 0.326 e. The van der Waals surface area contributed by atoms with E-state index in [0.717, 1.165) is 0 Å². The van der Waals surface area contributed by atoms with Gasteiger partial charge in [0, 0.05) is 5.02 Å². The summed E-state index contributed by atoms with van der Waals surface area (Å²) in [5.41, 5.74) is 0. The number of carboxylic acid groups (broad SMARTS) is 1. The predicted molar refractivity (Wildman–Crippen MR) is 71.4 cm³/mol. The van der Waals surface area contributed by atoms with Crippen molar-refractivity contribution >= 4 is 23.5 Å². The third-order valence-electron chi connectivity index (χ3n) is 2.39. The molecule has 0 bridgehead atoms. The van der Waals surface area contributed by atoms with E-state index in [9.17, 15) is 9.59 Å². The van der Waals surface area contributed by atoms with E-state index in [2.05, 4.69) is 5.32 Å². The molecule has 1 amide bonds. The van der Waals surface area contributed by atoms with E-state index in [0.29, 0.717) is 23.6 Å². The van der Waals surface area contributed by atoms with Crippen LogP contribution in [-0.4, -0.2) is 29.6 Å². The van der Waals surface area contributed by atoms with E-state index in [1.165, 1.54) is 0 Å². The zero-order valence-electron chi connectivity index (χ0n) is 10.6. The van der Waals surface area contributed by atoms with E-state index < -0.39 is 17.9 Å². The molecule has 0 aliphatic rings. The Labute approximate surface area is 116 Å². The zero-order chi connectivity index (χ0) is 14.3. The fourth-order valence-electron chi connectivity index (χ4n) is 1.46. The van der Waals surface area contributed by atoms with Gasteiger partial charge in [0.05, 0.1) is 0 Å². The van der Waals surface area contributed by atoms with Crippen molar-refractivity contribution in [1.29, 1.82) is 0 Å². The molecule has 5 nitrogen and oxygen atoms in total. The molecule has 2 N–H and O–H groups in total. The summed E-state index contributed by atoms with van der Waals surface area (Å²) >= 11 is 5.71. The standard InChI is InChI=1S/C13H16ClNO4/c1-2-3-11(13(17)18)15-12(16)8-19-10-6-4-9(14)5-7-10/h4-7,11H,2-3,8H2,1H3,(H,15,16)(H,17,18). The van der Waals surface area contributed by atoms with Gasteiger partial charge in [0.2, 0.25) is 0 Å². The quantitative estimate of drug-likeness (QED) is 0.804. The molecule has 0 aliphatic carbocycles. The Morgan fingerprint density at radius 3 is 2.53 bits per heavy atom. The van der Waals surface area contributed by atoms with Crippen LogP contribution in [0, 0.1) is 0 Å². The molecule has 1 unspecified atom stereocenters. The molecule has 0 aromatic heterocycles. The van der Waals surface area contributed by atoms with Crippen LogP contribution in [0.2, 0.25) is 5.02 Å². The van der Waals surface area contributed by atoms with Crippen molar-refractivity contribution in [3.63, 3.8) is 0 Å². The molecule has 1 aromatic rings. The van der Waals surface area contributed by atoms with Crippen LogP contribution < -0.4 is 10.1 Å². The minimum atomic E-state index is -1.04. The number of nitrogens with one attached hydrogen (secondary N) is 1. The van der Waals surface area contributed by atoms with E-state index in [1.54, 1.807) is 24.3 Å². The first-order chi connectivity index (χ1) is 9.02. The average Bonchev–Trinajstić information content (AvgIpc) is 2.37. The van der Waals surface area contributed by atoms with Gasteiger partial charge in [-0.05, 0) is 30.7 Å². The number of ether oxygens (including phenoxy) is 1. The number of hydrogen-bond acceptors (Lipinski definition) is 3. The molecule has 0 heterocycles. The van der Waals surface area contributed by atoms with Crippen molar-refractivity contribution in [2.75, 3.05) is 6.61 Å². The second-order valence-corrected chi connectivity index (χ2v) is 4.43. The Bertz CT molecular complexity index is 433. The molecule has 0 saturated carbocycles. The first kappa shape index (κ1) is 15.3. The summed E-state index contributed by atoms with van der Waals surface area (Å²) in [6.45, 7) is 1.63. The molecule has 0 saturated heterocycles. The number of carboxylic acids is 1. The largest absolute Gasteiger partial charge is 0.484 e. The maximum absolute atomic E-state index is 11.5. The van der Waals surface area contributed by atoms with Gasteiger partial charge >= 0.3 is 5.97 Å². The first-order valence-corrected chi connectivity index (χ1v) is 6.31. The zero-order valence-corrected chi connectivity index (χ0v) is 11.3. The Kier molecular flexibility index (Phi) is 6.15. The van der Waals surface area contributed by atoms with Gasteiger partial charge in [-0.3, -0.25) is 4.79 Å². The molecule has 19 heavy (non-hydrogen) atoms. The van der Waals surface area contributed by atoms with Gasteiger partial charge in [0.1, 0.15) is 11.8 Å². The van der Waals surface area contributed by atoms with Crippen LogP contribution in [0.25, 0.3) is 0 Å². The summed E-state index contributed by atoms with van der Waals surface area (Å²) in [5, 5.41) is 11.9. The summed E-state index contributed by atoms with van der Waals surface area (Å²) in [7, 11) is 0. The molecule has 0 radical (unpaired) electrons. The number of carbonyl (C=O) groups is 2. The van der Waals surface area contributed by atoms with E-state index in [4.69, 9.17) is 21.4 Å². The summed E-state index contributed by atoms with van der Waals surface area (Å²) < 4.78 is 5.22. The van der Waals surface area contributed by atoms with Crippen LogP contribution in [0.15, 0.2) is 24.3 Å². The Hall–Kier alpha value is -1.75. The lowest BCUT2D eigenvalue weighted by molar-refractivity contribution is -0.142. The van der Waals surface area contributed by atoms with Gasteiger partial charge in [-0.15, -0.1) is 0 Å². The number of benzene rings is 1. The van der Waals surface area contributed by atoms with Crippen molar-refractivity contribution in [2.24, 2.45) is 0 Å². The van der Waals surface area contributed by atoms with Gasteiger partial charge in [-0.25, -0.2) is 4.79 Å². The lowest BCUT2D eigenvalue weighted by Crippen LogP contribution is -2.42. The Morgan fingerprint density at radius 1 is 1.37 bits per heavy atom. The topological polar surface area (TPSA) is 75.6 Å². The minimum Gasteiger partial charge on any atom is -0.484 e. The molecular formula is C13H16ClNO4. The molecule has 0 fully saturated rings. The average molecular weight is 286 g/mol. The van der Waals surface area contributed by atoms with Gasteiger partial charge in [-0.2, -0.15) is 0 Å². The van der Waals surface area contributed by atoms with Crippen molar-refractivity contribution in [3.8, 4) is 5.75 Å². The fraction of sp³-hybridized carbons (Fsp3) is 0.385. The third kappa shape index (κ3) is 5.61. The van der Waals surface area contributed by atoms with E-state index >= 15 is 0 Å². The molecule has 1 atom stereocenters. The molecule has 1 rings (SSSR count). The van der Waals surface area contributed by atoms with Crippen LogP contribution in [-0.2, 0) is 9.59 Å². The highest BCUT2D eigenvalue weighted by atomic mass is 35.5. The number of carbonyl (C=O) groups excluding carboxylic acids is 1. The monoisotopic (exact) mass is 285 g/mol. The number of hydrogen-bond donors (Lipinski definition) is 2. The molecular weight excluding hydrogens is 270 g/mol. The lowest BCUT2D eigenvalue weighted by atomic mass is 10.2. The van der Waals surface area contributed by atoms with Crippen LogP contribution >= 0.6 is 11.6 Å². The van der Waals surface area contributed by atoms with Gasteiger partial charge in [0.15, 0.2) is 6.61 Å². The van der Waals surface area contributed by atoms with E-state index in [-0.39, 0.29) is 6.61 Å². The number of halogens is 1. The normalized spacial score (nSPS) is 11.7. The lowest BCUT2D eigenvalue weighted by Gasteiger charge is -2.13. The Morgan fingerprint density at radius 2 is 2.00 bits per heavy atom. The number of amides is 1. The second kappa shape index (κ2) is 7.63. The van der Waals surface area contributed by atoms with Crippen molar-refractivity contribution in [3.05, 3.63) is 29.3 Å². The SMILES string of the molecule is CCCC(NC(=O)COc1ccc(Cl)cc1)C(=O)O. The molecule has 0 aliphatic heterocycles. The minimum absolute atomic E-state index is 0.227. The Balaban J connectivity index is 2.42. The van der Waals surface area contributed by atoms with Crippen LogP contribution in [0.5, 0.6) is 5.75 Å². The van der Waals surface area contributed by atoms with Crippen molar-refractivity contribution in [1.82, 2.24) is 5.32 Å². The molecule has 0 spiro atoms. The number of aliphatic carboxylic acids is 1. The third-order valence-corrected chi connectivity index (χ3v) is 2.65. The van der Waals surface area contributed by atoms with Crippen molar-refractivity contribution in [2.45, 2.75) is 25.8 Å². The van der Waals surface area contributed by atoms with E-state index in [1.807, 2.05) is 6.92 Å². The molecule has 6 heteroatoms. The summed E-state index contributed by atoms with van der Waals surface area (Å²) in [6, 6.07) is 5.69. The van der Waals surface area contributed by atoms with Gasteiger partial charge in [-0.1, -0.05) is 24.9 Å². The summed E-state index contributed by atoms with van der Waals surface area (Å²) in [4.78, 5) is 22.4. The maximum atomic E-state index is 11.5. The van der Waals surface area contributed by atoms with Gasteiger partial charge < -0.3 is 15.2 Å². The smallest absolute Gasteiger partial charge is 0.326 e. The van der Waals surface area contributed by atoms with Crippen LogP contribution in [0.1, 0.15) is 19.8 Å². The predicted octanol–water partition coefficient (Wildman–Crippen LogP) is 2.09. The van der Waals surface area contributed by atoms with Crippen LogP contribution in [0.3, 0.4) is 0 Å². The molecule has 104 valence electrons. The highest BCUT2D eigenvalue weighted by Crippen LogP contribution is 2.15. The second-order valence-electron chi connectivity index (χ2n) is 3.99. The fourth-order valence-corrected chi connectivity index (χ4v) is 1.59. The highest BCUT2D eigenvalue weighted by Gasteiger charge is 2.18. The highest BCUT2D eigenvalue weighted by molar-refractivity contribution is 6.30. The van der Waals surface area contributed by atoms with Crippen LogP contribution in [0.4, 0.5) is 0 Å². The summed E-state index contributed by atoms with van der Waals surface area (Å²) in [6.07, 6.45) is 1.07. The van der Waals surface area contributed by atoms with Gasteiger partial charge in [0.25, 0.3) is 5.91 Å². The number of rotatable bonds is 7. The molecule has 1 aromatic carbocycles.